The number of hydrogen-bond acceptors (Lipinski definition) is 6. The molecule has 0 aromatic rings. The van der Waals surface area contributed by atoms with Gasteiger partial charge >= 0.3 is 7.60 Å². The van der Waals surface area contributed by atoms with E-state index in [-0.39, 0.29) is 6.42 Å². The molecule has 1 saturated heterocycles. The number of aliphatic hydroxyl groups is 3. The second-order valence-electron chi connectivity index (χ2n) is 4.47. The van der Waals surface area contributed by atoms with Crippen molar-refractivity contribution in [3.63, 3.8) is 0 Å². The van der Waals surface area contributed by atoms with Crippen molar-refractivity contribution in [3.05, 3.63) is 0 Å². The van der Waals surface area contributed by atoms with Crippen molar-refractivity contribution < 1.29 is 34.0 Å². The molecule has 3 unspecified atom stereocenters. The summed E-state index contributed by atoms with van der Waals surface area (Å²) in [6.45, 7) is 2.64. The lowest BCUT2D eigenvalue weighted by Crippen LogP contribution is -2.34. The van der Waals surface area contributed by atoms with Gasteiger partial charge < -0.3 is 29.5 Å². The highest BCUT2D eigenvalue weighted by Crippen LogP contribution is 2.47. The Morgan fingerprint density at radius 1 is 1.39 bits per heavy atom. The van der Waals surface area contributed by atoms with E-state index < -0.39 is 43.9 Å². The Balaban J connectivity index is 2.51. The molecule has 1 rings (SSSR count). The lowest BCUT2D eigenvalue weighted by molar-refractivity contribution is -0.00247. The zero-order valence-electron chi connectivity index (χ0n) is 10.2. The first kappa shape index (κ1) is 16.1. The van der Waals surface area contributed by atoms with Gasteiger partial charge in [0, 0.05) is 12.4 Å². The zero-order valence-corrected chi connectivity index (χ0v) is 11.1. The number of hydrogen-bond donors (Lipinski definition) is 4. The van der Waals surface area contributed by atoms with Gasteiger partial charge in [-0.3, -0.25) is 4.57 Å². The van der Waals surface area contributed by atoms with Gasteiger partial charge in [0.15, 0.2) is 5.85 Å². The Kier molecular flexibility index (Phi) is 5.38. The first-order valence-corrected chi connectivity index (χ1v) is 7.26. The molecule has 0 bridgehead atoms. The molecule has 1 aliphatic rings. The van der Waals surface area contributed by atoms with Gasteiger partial charge in [-0.05, 0) is 13.8 Å². The summed E-state index contributed by atoms with van der Waals surface area (Å²) in [5.41, 5.74) is 0. The Labute approximate surface area is 107 Å². The van der Waals surface area contributed by atoms with Gasteiger partial charge in [-0.1, -0.05) is 0 Å². The summed E-state index contributed by atoms with van der Waals surface area (Å²) >= 11 is 0. The molecule has 0 saturated carbocycles. The Morgan fingerprint density at radius 2 is 1.94 bits per heavy atom. The highest BCUT2D eigenvalue weighted by molar-refractivity contribution is 7.53. The minimum absolute atomic E-state index is 0.0726. The van der Waals surface area contributed by atoms with Gasteiger partial charge in [0.25, 0.3) is 0 Å². The Hall–Kier alpha value is 0.0549. The van der Waals surface area contributed by atoms with Crippen LogP contribution in [-0.2, 0) is 13.8 Å². The van der Waals surface area contributed by atoms with Crippen molar-refractivity contribution in [2.45, 2.75) is 56.5 Å². The molecule has 0 aliphatic carbocycles. The van der Waals surface area contributed by atoms with E-state index in [2.05, 4.69) is 0 Å². The second kappa shape index (κ2) is 6.01. The molecule has 0 amide bonds. The van der Waals surface area contributed by atoms with Gasteiger partial charge in [-0.2, -0.15) is 0 Å². The van der Waals surface area contributed by atoms with E-state index in [0.717, 1.165) is 6.92 Å². The second-order valence-corrected chi connectivity index (χ2v) is 6.55. The third-order valence-corrected chi connectivity index (χ3v) is 4.37. The molecule has 9 heteroatoms. The van der Waals surface area contributed by atoms with Crippen LogP contribution in [0.5, 0.6) is 0 Å². The smallest absolute Gasteiger partial charge is 0.356 e. The van der Waals surface area contributed by atoms with Crippen molar-refractivity contribution >= 4 is 15.4 Å². The number of ether oxygens (including phenoxy) is 1. The van der Waals surface area contributed by atoms with Gasteiger partial charge in [0.2, 0.25) is 0 Å². The van der Waals surface area contributed by atoms with Crippen LogP contribution >= 0.6 is 7.60 Å². The molecule has 1 aliphatic heterocycles. The summed E-state index contributed by atoms with van der Waals surface area (Å²) in [5.74, 6) is -1.50. The lowest BCUT2D eigenvalue weighted by Gasteiger charge is -2.23. The van der Waals surface area contributed by atoms with Crippen LogP contribution in [0, 0.1) is 0 Å². The molecule has 104 valence electrons. The molecule has 1 heterocycles. The molecule has 1 fully saturated rings. The van der Waals surface area contributed by atoms with Crippen molar-refractivity contribution in [1.82, 2.24) is 0 Å². The van der Waals surface area contributed by atoms with Gasteiger partial charge in [0.1, 0.15) is 14.0 Å². The third-order valence-electron chi connectivity index (χ3n) is 2.77. The van der Waals surface area contributed by atoms with Crippen LogP contribution in [0.3, 0.4) is 0 Å². The van der Waals surface area contributed by atoms with E-state index in [1.807, 2.05) is 0 Å². The predicted octanol–water partition coefficient (Wildman–Crippen LogP) is -1.08. The Morgan fingerprint density at radius 3 is 2.33 bits per heavy atom. The van der Waals surface area contributed by atoms with Gasteiger partial charge in [-0.15, -0.1) is 0 Å². The fourth-order valence-corrected chi connectivity index (χ4v) is 2.47. The average molecular weight is 280 g/mol. The van der Waals surface area contributed by atoms with Gasteiger partial charge in [-0.25, -0.2) is 0 Å². The standard InChI is InChI=1S/C9H18BO7P/c1-4(17-18(14,15)5(2)11)3-6-7(12)8(13)9(10)16-6/h4-9,11-13H,3H2,1-2H3,(H,14,15)/t4-,5?,6+,7?,8-,9+/m0/s1. The van der Waals surface area contributed by atoms with E-state index in [9.17, 15) is 19.7 Å². The largest absolute Gasteiger partial charge is 0.388 e. The highest BCUT2D eigenvalue weighted by Gasteiger charge is 2.41. The maximum absolute atomic E-state index is 11.4. The van der Waals surface area contributed by atoms with Crippen molar-refractivity contribution in [1.29, 1.82) is 0 Å². The van der Waals surface area contributed by atoms with E-state index in [4.69, 9.17) is 22.2 Å². The molecular formula is C9H18BO7P. The normalized spacial score (nSPS) is 39.2. The van der Waals surface area contributed by atoms with Crippen molar-refractivity contribution in [2.24, 2.45) is 0 Å². The molecular weight excluding hydrogens is 262 g/mol. The summed E-state index contributed by atoms with van der Waals surface area (Å²) in [6, 6.07) is -0.991. The van der Waals surface area contributed by atoms with Crippen LogP contribution in [0.25, 0.3) is 0 Å². The van der Waals surface area contributed by atoms with Crippen molar-refractivity contribution in [2.75, 3.05) is 0 Å². The first-order chi connectivity index (χ1) is 8.15. The Bertz CT molecular complexity index is 326. The van der Waals surface area contributed by atoms with Crippen LogP contribution in [0.15, 0.2) is 0 Å². The molecule has 18 heavy (non-hydrogen) atoms. The number of aliphatic hydroxyl groups excluding tert-OH is 3. The molecule has 0 aromatic heterocycles. The van der Waals surface area contributed by atoms with Crippen molar-refractivity contribution in [3.8, 4) is 0 Å². The van der Waals surface area contributed by atoms with Gasteiger partial charge in [0.05, 0.1) is 18.3 Å². The molecule has 7 nitrogen and oxygen atoms in total. The third kappa shape index (κ3) is 3.77. The van der Waals surface area contributed by atoms with Crippen LogP contribution in [0.1, 0.15) is 20.3 Å². The van der Waals surface area contributed by atoms with Crippen LogP contribution in [-0.4, -0.2) is 64.3 Å². The fraction of sp³-hybridized carbons (Fsp3) is 1.00. The van der Waals surface area contributed by atoms with E-state index >= 15 is 0 Å². The molecule has 7 atom stereocenters. The summed E-state index contributed by atoms with van der Waals surface area (Å²) in [7, 11) is 1.29. The van der Waals surface area contributed by atoms with E-state index in [0.29, 0.717) is 0 Å². The first-order valence-electron chi connectivity index (χ1n) is 5.61. The summed E-state index contributed by atoms with van der Waals surface area (Å²) < 4.78 is 21.3. The number of rotatable bonds is 5. The van der Waals surface area contributed by atoms with E-state index in [1.54, 1.807) is 0 Å². The van der Waals surface area contributed by atoms with Crippen LogP contribution < -0.4 is 0 Å². The SMILES string of the molecule is [B][C@@H]1O[C@H](C[C@H](C)OP(=O)(O)C(C)O)C(O)[C@@H]1O. The zero-order chi connectivity index (χ0) is 14.1. The molecule has 2 radical (unpaired) electrons. The molecule has 4 N–H and O–H groups in total. The topological polar surface area (TPSA) is 116 Å². The lowest BCUT2D eigenvalue weighted by atomic mass is 9.92. The average Bonchev–Trinajstić information content (AvgIpc) is 2.45. The fourth-order valence-electron chi connectivity index (χ4n) is 1.69. The monoisotopic (exact) mass is 280 g/mol. The summed E-state index contributed by atoms with van der Waals surface area (Å²) in [4.78, 5) is 9.31. The molecule has 0 spiro atoms. The maximum atomic E-state index is 11.4. The molecule has 0 aromatic carbocycles. The predicted molar refractivity (Wildman–Crippen MR) is 63.1 cm³/mol. The van der Waals surface area contributed by atoms with Crippen LogP contribution in [0.2, 0.25) is 0 Å². The summed E-state index contributed by atoms with van der Waals surface area (Å²) in [6.07, 6.45) is -3.81. The minimum Gasteiger partial charge on any atom is -0.388 e. The maximum Gasteiger partial charge on any atom is 0.356 e. The summed E-state index contributed by atoms with van der Waals surface area (Å²) in [5, 5.41) is 28.0. The highest BCUT2D eigenvalue weighted by atomic mass is 31.2. The van der Waals surface area contributed by atoms with Crippen LogP contribution in [0.4, 0.5) is 0 Å². The quantitative estimate of drug-likeness (QED) is 0.374. The minimum atomic E-state index is -4.10. The van der Waals surface area contributed by atoms with E-state index in [1.165, 1.54) is 6.92 Å².